The Bertz CT molecular complexity index is 432. The van der Waals surface area contributed by atoms with Gasteiger partial charge in [-0.1, -0.05) is 12.1 Å². The first-order chi connectivity index (χ1) is 9.06. The van der Waals surface area contributed by atoms with Crippen LogP contribution in [0.1, 0.15) is 37.8 Å². The fraction of sp³-hybridized carbons (Fsp3) is 0.533. The number of amides is 1. The van der Waals surface area contributed by atoms with Gasteiger partial charge in [0.2, 0.25) is 5.91 Å². The van der Waals surface area contributed by atoms with Crippen LogP contribution in [0, 0.1) is 5.82 Å². The number of likely N-dealkylation sites (tertiary alicyclic amines) is 1. The van der Waals surface area contributed by atoms with E-state index in [0.29, 0.717) is 12.5 Å². The maximum Gasteiger partial charge on any atom is 0.222 e. The summed E-state index contributed by atoms with van der Waals surface area (Å²) in [5.74, 6) is -0.189. The third-order valence-electron chi connectivity index (χ3n) is 3.84. The Morgan fingerprint density at radius 3 is 2.74 bits per heavy atom. The van der Waals surface area contributed by atoms with Gasteiger partial charge in [0.15, 0.2) is 0 Å². The summed E-state index contributed by atoms with van der Waals surface area (Å²) in [5, 5.41) is 2.98. The van der Waals surface area contributed by atoms with Gasteiger partial charge in [0.1, 0.15) is 5.82 Å². The molecule has 0 radical (unpaired) electrons. The van der Waals surface area contributed by atoms with E-state index >= 15 is 0 Å². The van der Waals surface area contributed by atoms with Gasteiger partial charge >= 0.3 is 0 Å². The molecular weight excluding hydrogens is 243 g/mol. The van der Waals surface area contributed by atoms with E-state index < -0.39 is 0 Å². The van der Waals surface area contributed by atoms with Crippen LogP contribution in [0.2, 0.25) is 0 Å². The molecule has 2 atom stereocenters. The van der Waals surface area contributed by atoms with Crippen molar-refractivity contribution in [3.63, 3.8) is 0 Å². The van der Waals surface area contributed by atoms with Gasteiger partial charge in [0, 0.05) is 12.5 Å². The molecule has 0 aromatic heterocycles. The summed E-state index contributed by atoms with van der Waals surface area (Å²) in [6, 6.07) is 6.54. The quantitative estimate of drug-likeness (QED) is 0.906. The van der Waals surface area contributed by atoms with Crippen LogP contribution in [-0.4, -0.2) is 30.4 Å². The number of rotatable bonds is 4. The molecule has 4 heteroatoms. The van der Waals surface area contributed by atoms with E-state index in [1.807, 2.05) is 6.92 Å². The molecule has 0 spiro atoms. The van der Waals surface area contributed by atoms with Crippen LogP contribution in [0.4, 0.5) is 4.39 Å². The highest BCUT2D eigenvalue weighted by Gasteiger charge is 2.23. The lowest BCUT2D eigenvalue weighted by molar-refractivity contribution is -0.122. The Balaban J connectivity index is 1.86. The molecule has 1 aromatic rings. The molecule has 1 aliphatic heterocycles. The lowest BCUT2D eigenvalue weighted by Crippen LogP contribution is -2.34. The van der Waals surface area contributed by atoms with Crippen molar-refractivity contribution in [2.24, 2.45) is 0 Å². The summed E-state index contributed by atoms with van der Waals surface area (Å²) in [7, 11) is 2.06. The van der Waals surface area contributed by atoms with Gasteiger partial charge in [-0.25, -0.2) is 4.39 Å². The lowest BCUT2D eigenvalue weighted by Gasteiger charge is -2.20. The number of nitrogens with zero attached hydrogens (tertiary/aromatic N) is 1. The average Bonchev–Trinajstić information content (AvgIpc) is 2.75. The van der Waals surface area contributed by atoms with Crippen molar-refractivity contribution in [2.75, 3.05) is 13.6 Å². The van der Waals surface area contributed by atoms with E-state index in [1.54, 1.807) is 12.1 Å². The molecule has 1 heterocycles. The number of halogens is 1. The molecule has 1 saturated heterocycles. The second kappa shape index (κ2) is 6.15. The summed E-state index contributed by atoms with van der Waals surface area (Å²) in [5.41, 5.74) is 0.925. The van der Waals surface area contributed by atoms with Crippen molar-refractivity contribution in [1.29, 1.82) is 0 Å². The second-order valence-corrected chi connectivity index (χ2v) is 5.32. The zero-order valence-electron chi connectivity index (χ0n) is 11.5. The summed E-state index contributed by atoms with van der Waals surface area (Å²) in [6.07, 6.45) is 2.80. The molecule has 1 aromatic carbocycles. The molecule has 0 saturated carbocycles. The fourth-order valence-corrected chi connectivity index (χ4v) is 2.59. The van der Waals surface area contributed by atoms with Gasteiger partial charge in [-0.15, -0.1) is 0 Å². The normalized spacial score (nSPS) is 21.3. The molecule has 1 aliphatic rings. The molecule has 0 aliphatic carbocycles. The Labute approximate surface area is 113 Å². The third kappa shape index (κ3) is 3.77. The monoisotopic (exact) mass is 264 g/mol. The molecule has 3 nitrogen and oxygen atoms in total. The highest BCUT2D eigenvalue weighted by atomic mass is 19.1. The zero-order valence-corrected chi connectivity index (χ0v) is 11.5. The zero-order chi connectivity index (χ0) is 13.8. The van der Waals surface area contributed by atoms with Gasteiger partial charge in [-0.2, -0.15) is 0 Å². The number of nitrogens with one attached hydrogen (secondary N) is 1. The molecule has 1 fully saturated rings. The van der Waals surface area contributed by atoms with E-state index in [2.05, 4.69) is 17.3 Å². The maximum absolute atomic E-state index is 12.8. The predicted octanol–water partition coefficient (Wildman–Crippen LogP) is 2.49. The standard InChI is InChI=1S/C15H21FN2O/c1-11(12-5-7-13(16)8-6-12)17-15(19)10-14-4-3-9-18(14)2/h5-8,11,14H,3-4,9-10H2,1-2H3,(H,17,19)/t11-,14-/m0/s1. The van der Waals surface area contributed by atoms with E-state index in [9.17, 15) is 9.18 Å². The lowest BCUT2D eigenvalue weighted by atomic mass is 10.1. The van der Waals surface area contributed by atoms with Crippen LogP contribution in [0.3, 0.4) is 0 Å². The van der Waals surface area contributed by atoms with Crippen LogP contribution >= 0.6 is 0 Å². The molecule has 0 bridgehead atoms. The van der Waals surface area contributed by atoms with E-state index in [1.165, 1.54) is 18.6 Å². The average molecular weight is 264 g/mol. The Morgan fingerprint density at radius 1 is 1.47 bits per heavy atom. The van der Waals surface area contributed by atoms with Crippen LogP contribution in [0.5, 0.6) is 0 Å². The summed E-state index contributed by atoms with van der Waals surface area (Å²) in [4.78, 5) is 14.2. The van der Waals surface area contributed by atoms with Crippen molar-refractivity contribution >= 4 is 5.91 Å². The van der Waals surface area contributed by atoms with Crippen LogP contribution in [0.15, 0.2) is 24.3 Å². The number of hydrogen-bond acceptors (Lipinski definition) is 2. The Hall–Kier alpha value is -1.42. The minimum atomic E-state index is -0.255. The number of hydrogen-bond donors (Lipinski definition) is 1. The minimum absolute atomic E-state index is 0.0653. The molecule has 104 valence electrons. The van der Waals surface area contributed by atoms with Crippen LogP contribution in [-0.2, 0) is 4.79 Å². The summed E-state index contributed by atoms with van der Waals surface area (Å²) >= 11 is 0. The maximum atomic E-state index is 12.8. The molecule has 1 N–H and O–H groups in total. The molecular formula is C15H21FN2O. The van der Waals surface area contributed by atoms with Gasteiger partial charge in [-0.3, -0.25) is 4.79 Å². The highest BCUT2D eigenvalue weighted by Crippen LogP contribution is 2.19. The van der Waals surface area contributed by atoms with Gasteiger partial charge in [0.05, 0.1) is 6.04 Å². The predicted molar refractivity (Wildman–Crippen MR) is 73.2 cm³/mol. The molecule has 0 unspecified atom stereocenters. The van der Waals surface area contributed by atoms with Crippen molar-refractivity contribution in [1.82, 2.24) is 10.2 Å². The number of carbonyl (C=O) groups excluding carboxylic acids is 1. The van der Waals surface area contributed by atoms with Gasteiger partial charge in [-0.05, 0) is 51.1 Å². The topological polar surface area (TPSA) is 32.3 Å². The van der Waals surface area contributed by atoms with E-state index in [-0.39, 0.29) is 17.8 Å². The van der Waals surface area contributed by atoms with Gasteiger partial charge in [0.25, 0.3) is 0 Å². The summed E-state index contributed by atoms with van der Waals surface area (Å²) < 4.78 is 12.8. The molecule has 2 rings (SSSR count). The van der Waals surface area contributed by atoms with Crippen molar-refractivity contribution < 1.29 is 9.18 Å². The van der Waals surface area contributed by atoms with Crippen LogP contribution in [0.25, 0.3) is 0 Å². The van der Waals surface area contributed by atoms with E-state index in [0.717, 1.165) is 18.5 Å². The minimum Gasteiger partial charge on any atom is -0.350 e. The smallest absolute Gasteiger partial charge is 0.222 e. The first-order valence-corrected chi connectivity index (χ1v) is 6.81. The summed E-state index contributed by atoms with van der Waals surface area (Å²) in [6.45, 7) is 3.00. The molecule has 19 heavy (non-hydrogen) atoms. The number of carbonyl (C=O) groups is 1. The van der Waals surface area contributed by atoms with Crippen LogP contribution < -0.4 is 5.32 Å². The van der Waals surface area contributed by atoms with E-state index in [4.69, 9.17) is 0 Å². The first-order valence-electron chi connectivity index (χ1n) is 6.81. The largest absolute Gasteiger partial charge is 0.350 e. The third-order valence-corrected chi connectivity index (χ3v) is 3.84. The fourth-order valence-electron chi connectivity index (χ4n) is 2.59. The Morgan fingerprint density at radius 2 is 2.16 bits per heavy atom. The second-order valence-electron chi connectivity index (χ2n) is 5.32. The highest BCUT2D eigenvalue weighted by molar-refractivity contribution is 5.77. The SMILES string of the molecule is C[C@H](NC(=O)C[C@@H]1CCCN1C)c1ccc(F)cc1. The van der Waals surface area contributed by atoms with Crippen molar-refractivity contribution in [3.8, 4) is 0 Å². The Kier molecular flexibility index (Phi) is 4.53. The number of benzene rings is 1. The molecule has 1 amide bonds. The van der Waals surface area contributed by atoms with Crippen molar-refractivity contribution in [2.45, 2.75) is 38.3 Å². The van der Waals surface area contributed by atoms with Gasteiger partial charge < -0.3 is 10.2 Å². The first kappa shape index (κ1) is 14.0. The van der Waals surface area contributed by atoms with Crippen molar-refractivity contribution in [3.05, 3.63) is 35.6 Å².